The van der Waals surface area contributed by atoms with Crippen LogP contribution >= 0.6 is 0 Å². The fraction of sp³-hybridized carbons (Fsp3) is 0.750. The third-order valence-corrected chi connectivity index (χ3v) is 4.13. The van der Waals surface area contributed by atoms with Gasteiger partial charge in [0.05, 0.1) is 12.8 Å². The third-order valence-electron chi connectivity index (χ3n) is 4.13. The van der Waals surface area contributed by atoms with Crippen LogP contribution in [-0.4, -0.2) is 23.5 Å². The summed E-state index contributed by atoms with van der Waals surface area (Å²) in [4.78, 5) is 2.61. The van der Waals surface area contributed by atoms with Crippen molar-refractivity contribution in [3.63, 3.8) is 0 Å². The van der Waals surface area contributed by atoms with Gasteiger partial charge in [0.25, 0.3) is 0 Å². The molecular weight excluding hydrogens is 236 g/mol. The van der Waals surface area contributed by atoms with Crippen molar-refractivity contribution in [1.29, 1.82) is 0 Å². The van der Waals surface area contributed by atoms with Crippen LogP contribution in [0, 0.1) is 0 Å². The third kappa shape index (κ3) is 4.08. The summed E-state index contributed by atoms with van der Waals surface area (Å²) < 4.78 is 5.63. The number of rotatable bonds is 7. The minimum Gasteiger partial charge on any atom is -0.468 e. The first-order chi connectivity index (χ1) is 9.20. The maximum absolute atomic E-state index is 5.63. The van der Waals surface area contributed by atoms with Crippen molar-refractivity contribution in [2.45, 2.75) is 71.6 Å². The van der Waals surface area contributed by atoms with Crippen molar-refractivity contribution < 1.29 is 4.42 Å². The van der Waals surface area contributed by atoms with E-state index in [0.717, 1.165) is 31.4 Å². The van der Waals surface area contributed by atoms with Crippen LogP contribution in [0.4, 0.5) is 0 Å². The van der Waals surface area contributed by atoms with Gasteiger partial charge in [0.2, 0.25) is 0 Å². The van der Waals surface area contributed by atoms with Crippen molar-refractivity contribution in [3.8, 4) is 0 Å². The molecule has 0 spiro atoms. The number of nitrogens with zero attached hydrogens (tertiary/aromatic N) is 1. The fourth-order valence-corrected chi connectivity index (χ4v) is 2.95. The van der Waals surface area contributed by atoms with Gasteiger partial charge in [-0.25, -0.2) is 0 Å². The number of hydrogen-bond donors (Lipinski definition) is 1. The summed E-state index contributed by atoms with van der Waals surface area (Å²) in [6, 6.07) is 3.41. The predicted molar refractivity (Wildman–Crippen MR) is 79.0 cm³/mol. The largest absolute Gasteiger partial charge is 0.468 e. The summed E-state index contributed by atoms with van der Waals surface area (Å²) in [5.41, 5.74) is 1.35. The molecule has 1 heterocycles. The fourth-order valence-electron chi connectivity index (χ4n) is 2.95. The van der Waals surface area contributed by atoms with E-state index in [1.807, 2.05) is 6.26 Å². The summed E-state index contributed by atoms with van der Waals surface area (Å²) in [5.74, 6) is 1.10. The van der Waals surface area contributed by atoms with E-state index >= 15 is 0 Å². The average molecular weight is 264 g/mol. The molecule has 1 aromatic heterocycles. The van der Waals surface area contributed by atoms with E-state index in [1.165, 1.54) is 31.2 Å². The molecule has 3 nitrogen and oxygen atoms in total. The normalized spacial score (nSPS) is 16.9. The van der Waals surface area contributed by atoms with Gasteiger partial charge in [-0.05, 0) is 25.5 Å². The van der Waals surface area contributed by atoms with Crippen LogP contribution in [0.2, 0.25) is 0 Å². The van der Waals surface area contributed by atoms with Gasteiger partial charge in [0, 0.05) is 24.2 Å². The monoisotopic (exact) mass is 264 g/mol. The SMILES string of the molecule is CCN(Cc1ccoc1CNC(C)C)C1CCCC1. The zero-order valence-corrected chi connectivity index (χ0v) is 12.6. The highest BCUT2D eigenvalue weighted by Gasteiger charge is 2.22. The number of hydrogen-bond acceptors (Lipinski definition) is 3. The van der Waals surface area contributed by atoms with Gasteiger partial charge >= 0.3 is 0 Å². The molecule has 108 valence electrons. The molecule has 1 aliphatic carbocycles. The molecule has 2 rings (SSSR count). The first-order valence-corrected chi connectivity index (χ1v) is 7.73. The van der Waals surface area contributed by atoms with Gasteiger partial charge < -0.3 is 9.73 Å². The van der Waals surface area contributed by atoms with E-state index in [1.54, 1.807) is 0 Å². The van der Waals surface area contributed by atoms with Gasteiger partial charge in [-0.3, -0.25) is 4.90 Å². The zero-order chi connectivity index (χ0) is 13.7. The Bertz CT molecular complexity index is 367. The number of furan rings is 1. The molecule has 1 saturated carbocycles. The Balaban J connectivity index is 1.95. The highest BCUT2D eigenvalue weighted by atomic mass is 16.3. The Morgan fingerprint density at radius 3 is 2.74 bits per heavy atom. The molecule has 0 aliphatic heterocycles. The lowest BCUT2D eigenvalue weighted by atomic mass is 10.1. The average Bonchev–Trinajstić information content (AvgIpc) is 3.04. The number of nitrogens with one attached hydrogen (secondary N) is 1. The topological polar surface area (TPSA) is 28.4 Å². The van der Waals surface area contributed by atoms with Crippen LogP contribution < -0.4 is 5.32 Å². The molecule has 1 fully saturated rings. The second kappa shape index (κ2) is 7.11. The molecule has 1 N–H and O–H groups in total. The van der Waals surface area contributed by atoms with E-state index in [2.05, 4.69) is 37.1 Å². The minimum absolute atomic E-state index is 0.495. The molecule has 0 radical (unpaired) electrons. The second-order valence-corrected chi connectivity index (χ2v) is 5.91. The lowest BCUT2D eigenvalue weighted by molar-refractivity contribution is 0.198. The van der Waals surface area contributed by atoms with Gasteiger partial charge in [0.15, 0.2) is 0 Å². The lowest BCUT2D eigenvalue weighted by Gasteiger charge is -2.27. The van der Waals surface area contributed by atoms with Crippen LogP contribution in [-0.2, 0) is 13.1 Å². The van der Waals surface area contributed by atoms with Crippen LogP contribution in [0.25, 0.3) is 0 Å². The van der Waals surface area contributed by atoms with Gasteiger partial charge in [-0.1, -0.05) is 33.6 Å². The predicted octanol–water partition coefficient (Wildman–Crippen LogP) is 3.54. The first kappa shape index (κ1) is 14.6. The molecule has 0 aromatic carbocycles. The maximum atomic E-state index is 5.63. The summed E-state index contributed by atoms with van der Waals surface area (Å²) in [7, 11) is 0. The molecule has 1 aliphatic rings. The highest BCUT2D eigenvalue weighted by molar-refractivity contribution is 5.17. The molecule has 0 atom stereocenters. The van der Waals surface area contributed by atoms with Crippen molar-refractivity contribution in [2.75, 3.05) is 6.54 Å². The highest BCUT2D eigenvalue weighted by Crippen LogP contribution is 2.25. The molecule has 1 aromatic rings. The molecule has 0 saturated heterocycles. The lowest BCUT2D eigenvalue weighted by Crippen LogP contribution is -2.33. The zero-order valence-electron chi connectivity index (χ0n) is 12.6. The smallest absolute Gasteiger partial charge is 0.122 e. The van der Waals surface area contributed by atoms with Crippen LogP contribution in [0.1, 0.15) is 57.8 Å². The molecule has 0 unspecified atom stereocenters. The summed E-state index contributed by atoms with van der Waals surface area (Å²) in [6.07, 6.45) is 7.36. The second-order valence-electron chi connectivity index (χ2n) is 5.91. The summed E-state index contributed by atoms with van der Waals surface area (Å²) >= 11 is 0. The Morgan fingerprint density at radius 2 is 2.11 bits per heavy atom. The van der Waals surface area contributed by atoms with Gasteiger partial charge in [-0.2, -0.15) is 0 Å². The Hall–Kier alpha value is -0.800. The summed E-state index contributed by atoms with van der Waals surface area (Å²) in [6.45, 7) is 9.60. The summed E-state index contributed by atoms with van der Waals surface area (Å²) in [5, 5.41) is 3.44. The molecule has 3 heteroatoms. The molecule has 0 bridgehead atoms. The standard InChI is InChI=1S/C16H28N2O/c1-4-18(15-7-5-6-8-15)12-14-9-10-19-16(14)11-17-13(2)3/h9-10,13,15,17H,4-8,11-12H2,1-3H3. The van der Waals surface area contributed by atoms with Crippen LogP contribution in [0.15, 0.2) is 16.7 Å². The van der Waals surface area contributed by atoms with Crippen molar-refractivity contribution >= 4 is 0 Å². The van der Waals surface area contributed by atoms with E-state index in [9.17, 15) is 0 Å². The van der Waals surface area contributed by atoms with Crippen LogP contribution in [0.5, 0.6) is 0 Å². The molecule has 19 heavy (non-hydrogen) atoms. The Labute approximate surface area is 117 Å². The van der Waals surface area contributed by atoms with Crippen LogP contribution in [0.3, 0.4) is 0 Å². The maximum Gasteiger partial charge on any atom is 0.122 e. The molecular formula is C16H28N2O. The van der Waals surface area contributed by atoms with E-state index in [0.29, 0.717) is 6.04 Å². The van der Waals surface area contributed by atoms with E-state index < -0.39 is 0 Å². The Kier molecular flexibility index (Phi) is 5.46. The Morgan fingerprint density at radius 1 is 1.37 bits per heavy atom. The quantitative estimate of drug-likeness (QED) is 0.816. The van der Waals surface area contributed by atoms with Crippen molar-refractivity contribution in [1.82, 2.24) is 10.2 Å². The minimum atomic E-state index is 0.495. The molecule has 0 amide bonds. The van der Waals surface area contributed by atoms with Crippen molar-refractivity contribution in [2.24, 2.45) is 0 Å². The first-order valence-electron chi connectivity index (χ1n) is 7.73. The van der Waals surface area contributed by atoms with E-state index in [-0.39, 0.29) is 0 Å². The van der Waals surface area contributed by atoms with Gasteiger partial charge in [0.1, 0.15) is 5.76 Å². The van der Waals surface area contributed by atoms with E-state index in [4.69, 9.17) is 4.42 Å². The van der Waals surface area contributed by atoms with Gasteiger partial charge in [-0.15, -0.1) is 0 Å². The van der Waals surface area contributed by atoms with Crippen molar-refractivity contribution in [3.05, 3.63) is 23.7 Å².